The third kappa shape index (κ3) is 3.53. The van der Waals surface area contributed by atoms with Crippen molar-refractivity contribution in [2.24, 2.45) is 0 Å². The topological polar surface area (TPSA) is 33.1 Å². The van der Waals surface area contributed by atoms with Gasteiger partial charge in [0, 0.05) is 35.3 Å². The van der Waals surface area contributed by atoms with Gasteiger partial charge in [-0.3, -0.25) is 4.98 Å². The van der Waals surface area contributed by atoms with Gasteiger partial charge in [0.15, 0.2) is 5.11 Å². The molecule has 5 rings (SSSR count). The summed E-state index contributed by atoms with van der Waals surface area (Å²) in [6.45, 7) is 0. The summed E-state index contributed by atoms with van der Waals surface area (Å²) in [4.78, 5) is 6.81. The highest BCUT2D eigenvalue weighted by molar-refractivity contribution is 7.80. The van der Waals surface area contributed by atoms with Crippen LogP contribution < -0.4 is 10.2 Å². The second kappa shape index (κ2) is 7.81. The van der Waals surface area contributed by atoms with Gasteiger partial charge >= 0.3 is 0 Å². The molecule has 0 unspecified atom stereocenters. The fraction of sp³-hybridized carbons (Fsp3) is 0.304. The summed E-state index contributed by atoms with van der Waals surface area (Å²) in [5.41, 5.74) is 3.27. The van der Waals surface area contributed by atoms with Crippen molar-refractivity contribution in [1.82, 2.24) is 14.9 Å². The minimum absolute atomic E-state index is 0.0150. The van der Waals surface area contributed by atoms with Crippen LogP contribution in [0.25, 0.3) is 0 Å². The Hall–Kier alpha value is -2.37. The summed E-state index contributed by atoms with van der Waals surface area (Å²) in [7, 11) is 0. The van der Waals surface area contributed by atoms with Gasteiger partial charge in [0.05, 0.1) is 17.8 Å². The van der Waals surface area contributed by atoms with E-state index in [0.29, 0.717) is 11.2 Å². The SMILES string of the molecule is S=C1N[C@H](c2ccccn2)[C@H](c2ccn(C3CCCC3)c2)N1c1ccc(Cl)cc1. The number of hydrogen-bond acceptors (Lipinski definition) is 2. The number of rotatable bonds is 4. The van der Waals surface area contributed by atoms with E-state index in [2.05, 4.69) is 44.3 Å². The molecular formula is C23H23ClN4S. The highest BCUT2D eigenvalue weighted by Crippen LogP contribution is 2.42. The van der Waals surface area contributed by atoms with Gasteiger partial charge in [-0.1, -0.05) is 30.5 Å². The minimum Gasteiger partial charge on any atom is -0.351 e. The summed E-state index contributed by atoms with van der Waals surface area (Å²) < 4.78 is 2.39. The number of aromatic nitrogens is 2. The highest BCUT2D eigenvalue weighted by atomic mass is 35.5. The van der Waals surface area contributed by atoms with E-state index in [1.807, 2.05) is 42.6 Å². The summed E-state index contributed by atoms with van der Waals surface area (Å²) in [6.07, 6.45) is 11.5. The van der Waals surface area contributed by atoms with E-state index in [9.17, 15) is 0 Å². The van der Waals surface area contributed by atoms with E-state index in [1.165, 1.54) is 31.2 Å². The molecule has 1 aliphatic carbocycles. The van der Waals surface area contributed by atoms with E-state index >= 15 is 0 Å². The zero-order chi connectivity index (χ0) is 19.8. The van der Waals surface area contributed by atoms with Crippen LogP contribution in [0, 0.1) is 0 Å². The average molecular weight is 423 g/mol. The Morgan fingerprint density at radius 2 is 1.83 bits per heavy atom. The lowest BCUT2D eigenvalue weighted by molar-refractivity contribution is 0.515. The largest absolute Gasteiger partial charge is 0.351 e. The summed E-state index contributed by atoms with van der Waals surface area (Å²) in [5, 5.41) is 4.94. The first-order valence-electron chi connectivity index (χ1n) is 10.1. The van der Waals surface area contributed by atoms with Crippen molar-refractivity contribution < 1.29 is 0 Å². The van der Waals surface area contributed by atoms with Crippen molar-refractivity contribution in [1.29, 1.82) is 0 Å². The summed E-state index contributed by atoms with van der Waals surface area (Å²) >= 11 is 11.9. The van der Waals surface area contributed by atoms with Crippen molar-refractivity contribution >= 4 is 34.6 Å². The number of anilines is 1. The van der Waals surface area contributed by atoms with Crippen LogP contribution in [0.5, 0.6) is 0 Å². The van der Waals surface area contributed by atoms with Crippen molar-refractivity contribution in [2.45, 2.75) is 43.8 Å². The summed E-state index contributed by atoms with van der Waals surface area (Å²) in [5.74, 6) is 0. The molecule has 29 heavy (non-hydrogen) atoms. The van der Waals surface area contributed by atoms with Crippen molar-refractivity contribution in [3.63, 3.8) is 0 Å². The lowest BCUT2D eigenvalue weighted by Gasteiger charge is -2.27. The normalized spacial score (nSPS) is 22.2. The molecule has 2 aromatic heterocycles. The molecule has 0 radical (unpaired) electrons. The molecule has 1 aliphatic heterocycles. The van der Waals surface area contributed by atoms with Gasteiger partial charge < -0.3 is 14.8 Å². The maximum absolute atomic E-state index is 6.13. The molecule has 1 N–H and O–H groups in total. The first-order chi connectivity index (χ1) is 14.2. The fourth-order valence-corrected chi connectivity index (χ4v) is 5.08. The van der Waals surface area contributed by atoms with Crippen LogP contribution in [0.1, 0.15) is 55.1 Å². The Morgan fingerprint density at radius 3 is 2.55 bits per heavy atom. The van der Waals surface area contributed by atoms with Crippen molar-refractivity contribution in [3.05, 3.63) is 83.4 Å². The molecule has 2 aliphatic rings. The zero-order valence-electron chi connectivity index (χ0n) is 16.0. The molecule has 6 heteroatoms. The van der Waals surface area contributed by atoms with Crippen LogP contribution in [0.15, 0.2) is 67.1 Å². The minimum atomic E-state index is -0.0150. The number of benzene rings is 1. The van der Waals surface area contributed by atoms with Gasteiger partial charge in [-0.25, -0.2) is 0 Å². The number of nitrogens with one attached hydrogen (secondary N) is 1. The van der Waals surface area contributed by atoms with Crippen molar-refractivity contribution in [3.8, 4) is 0 Å². The first-order valence-corrected chi connectivity index (χ1v) is 10.9. The molecule has 1 aromatic carbocycles. The predicted octanol–water partition coefficient (Wildman–Crippen LogP) is 5.83. The van der Waals surface area contributed by atoms with E-state index in [1.54, 1.807) is 0 Å². The van der Waals surface area contributed by atoms with Gasteiger partial charge in [-0.15, -0.1) is 0 Å². The van der Waals surface area contributed by atoms with E-state index in [4.69, 9.17) is 23.8 Å². The van der Waals surface area contributed by atoms with Gasteiger partial charge in [0.1, 0.15) is 0 Å². The molecular weight excluding hydrogens is 400 g/mol. The Bertz CT molecular complexity index is 995. The van der Waals surface area contributed by atoms with Crippen LogP contribution in [0.4, 0.5) is 5.69 Å². The Morgan fingerprint density at radius 1 is 1.03 bits per heavy atom. The third-order valence-corrected chi connectivity index (χ3v) is 6.59. The smallest absolute Gasteiger partial charge is 0.174 e. The molecule has 0 spiro atoms. The van der Waals surface area contributed by atoms with Crippen LogP contribution in [-0.2, 0) is 0 Å². The van der Waals surface area contributed by atoms with E-state index < -0.39 is 0 Å². The number of halogens is 1. The van der Waals surface area contributed by atoms with Gasteiger partial charge in [0.2, 0.25) is 0 Å². The van der Waals surface area contributed by atoms with Gasteiger partial charge in [0.25, 0.3) is 0 Å². The Kier molecular flexibility index (Phi) is 5.02. The monoisotopic (exact) mass is 422 g/mol. The molecule has 4 nitrogen and oxygen atoms in total. The molecule has 0 bridgehead atoms. The molecule has 2 fully saturated rings. The van der Waals surface area contributed by atoms with E-state index in [-0.39, 0.29) is 12.1 Å². The number of thiocarbonyl (C=S) groups is 1. The number of nitrogens with zero attached hydrogens (tertiary/aromatic N) is 3. The highest BCUT2D eigenvalue weighted by Gasteiger charge is 2.41. The lowest BCUT2D eigenvalue weighted by Crippen LogP contribution is -2.29. The van der Waals surface area contributed by atoms with Crippen LogP contribution in [0.3, 0.4) is 0 Å². The number of hydrogen-bond donors (Lipinski definition) is 1. The molecule has 2 atom stereocenters. The Labute approximate surface area is 181 Å². The molecule has 1 saturated heterocycles. The van der Waals surface area contributed by atoms with Crippen LogP contribution in [0.2, 0.25) is 5.02 Å². The van der Waals surface area contributed by atoms with Crippen LogP contribution in [-0.4, -0.2) is 14.7 Å². The zero-order valence-corrected chi connectivity index (χ0v) is 17.6. The van der Waals surface area contributed by atoms with Crippen LogP contribution >= 0.6 is 23.8 Å². The first kappa shape index (κ1) is 18.6. The van der Waals surface area contributed by atoms with Crippen molar-refractivity contribution in [2.75, 3.05) is 4.90 Å². The Balaban J connectivity index is 1.56. The third-order valence-electron chi connectivity index (χ3n) is 6.03. The summed E-state index contributed by atoms with van der Waals surface area (Å²) in [6, 6.07) is 16.8. The molecule has 3 aromatic rings. The van der Waals surface area contributed by atoms with E-state index in [0.717, 1.165) is 16.4 Å². The maximum atomic E-state index is 6.13. The molecule has 1 saturated carbocycles. The maximum Gasteiger partial charge on any atom is 0.174 e. The standard InChI is InChI=1S/C23H23ClN4S/c24-17-8-10-19(11-9-17)28-22(16-12-14-27(15-16)18-5-1-2-6-18)21(26-23(28)29)20-7-3-4-13-25-20/h3-4,7-15,18,21-22H,1-2,5-6H2,(H,26,29)/t21-,22+/m1/s1. The molecule has 3 heterocycles. The molecule has 0 amide bonds. The van der Waals surface area contributed by atoms with Gasteiger partial charge in [-0.2, -0.15) is 0 Å². The fourth-order valence-electron chi connectivity index (χ4n) is 4.61. The predicted molar refractivity (Wildman–Crippen MR) is 121 cm³/mol. The second-order valence-corrected chi connectivity index (χ2v) is 8.63. The average Bonchev–Trinajstić information content (AvgIpc) is 3.49. The number of pyridine rings is 1. The van der Waals surface area contributed by atoms with Gasteiger partial charge in [-0.05, 0) is 73.1 Å². The second-order valence-electron chi connectivity index (χ2n) is 7.80. The molecule has 148 valence electrons. The lowest BCUT2D eigenvalue weighted by atomic mass is 9.98. The quantitative estimate of drug-likeness (QED) is 0.536.